The van der Waals surface area contributed by atoms with Gasteiger partial charge in [0, 0.05) is 30.1 Å². The molecule has 2 heterocycles. The first-order valence-electron chi connectivity index (χ1n) is 8.64. The molecular formula is C19H25NO3S2. The molecule has 1 saturated heterocycles. The van der Waals surface area contributed by atoms with Crippen LogP contribution >= 0.6 is 11.3 Å². The summed E-state index contributed by atoms with van der Waals surface area (Å²) >= 11 is 1.69. The Bertz CT molecular complexity index is 775. The molecular weight excluding hydrogens is 354 g/mol. The SMILES string of the molecule is CC(C)c1ccc(S(=O)(=O)NCC2(c3cccs3)CCOCC2)cc1. The lowest BCUT2D eigenvalue weighted by Crippen LogP contribution is -2.44. The molecule has 1 aromatic heterocycles. The van der Waals surface area contributed by atoms with Crippen molar-refractivity contribution in [2.45, 2.75) is 42.9 Å². The second kappa shape index (κ2) is 7.58. The largest absolute Gasteiger partial charge is 0.381 e. The van der Waals surface area contributed by atoms with Gasteiger partial charge in [-0.25, -0.2) is 13.1 Å². The highest BCUT2D eigenvalue weighted by Crippen LogP contribution is 2.37. The molecule has 1 fully saturated rings. The van der Waals surface area contributed by atoms with Crippen molar-refractivity contribution in [1.82, 2.24) is 4.72 Å². The summed E-state index contributed by atoms with van der Waals surface area (Å²) in [6.07, 6.45) is 1.67. The predicted molar refractivity (Wildman–Crippen MR) is 102 cm³/mol. The lowest BCUT2D eigenvalue weighted by molar-refractivity contribution is 0.0529. The zero-order valence-electron chi connectivity index (χ0n) is 14.7. The van der Waals surface area contributed by atoms with Gasteiger partial charge in [-0.3, -0.25) is 0 Å². The van der Waals surface area contributed by atoms with Crippen LogP contribution in [0.3, 0.4) is 0 Å². The van der Waals surface area contributed by atoms with E-state index in [0.717, 1.165) is 18.4 Å². The molecule has 0 radical (unpaired) electrons. The first kappa shape index (κ1) is 18.6. The highest BCUT2D eigenvalue weighted by molar-refractivity contribution is 7.89. The van der Waals surface area contributed by atoms with E-state index in [2.05, 4.69) is 24.6 Å². The Morgan fingerprint density at radius 1 is 1.16 bits per heavy atom. The minimum absolute atomic E-state index is 0.169. The highest BCUT2D eigenvalue weighted by atomic mass is 32.2. The van der Waals surface area contributed by atoms with Crippen LogP contribution in [0.15, 0.2) is 46.7 Å². The van der Waals surface area contributed by atoms with Crippen molar-refractivity contribution in [2.75, 3.05) is 19.8 Å². The maximum atomic E-state index is 12.7. The molecule has 1 aliphatic heterocycles. The van der Waals surface area contributed by atoms with Gasteiger partial charge in [0.05, 0.1) is 4.90 Å². The molecule has 0 bridgehead atoms. The van der Waals surface area contributed by atoms with E-state index >= 15 is 0 Å². The normalized spacial score (nSPS) is 17.7. The van der Waals surface area contributed by atoms with Crippen LogP contribution in [0.5, 0.6) is 0 Å². The van der Waals surface area contributed by atoms with E-state index in [4.69, 9.17) is 4.74 Å². The summed E-state index contributed by atoms with van der Waals surface area (Å²) in [6, 6.07) is 11.3. The third-order valence-electron chi connectivity index (χ3n) is 4.95. The van der Waals surface area contributed by atoms with E-state index in [-0.39, 0.29) is 5.41 Å². The topological polar surface area (TPSA) is 55.4 Å². The number of rotatable bonds is 6. The third-order valence-corrected chi connectivity index (χ3v) is 7.48. The van der Waals surface area contributed by atoms with E-state index in [0.29, 0.717) is 30.6 Å². The fourth-order valence-electron chi connectivity index (χ4n) is 3.20. The molecule has 1 aliphatic rings. The molecule has 0 atom stereocenters. The quantitative estimate of drug-likeness (QED) is 0.828. The Hall–Kier alpha value is -1.21. The number of benzene rings is 1. The van der Waals surface area contributed by atoms with Crippen LogP contribution in [-0.2, 0) is 20.2 Å². The number of nitrogens with one attached hydrogen (secondary N) is 1. The fourth-order valence-corrected chi connectivity index (χ4v) is 5.32. The molecule has 0 amide bonds. The number of sulfonamides is 1. The Morgan fingerprint density at radius 3 is 2.40 bits per heavy atom. The molecule has 1 aromatic carbocycles. The van der Waals surface area contributed by atoms with Gasteiger partial charge in [-0.05, 0) is 47.9 Å². The molecule has 0 unspecified atom stereocenters. The standard InChI is InChI=1S/C19H25NO3S2/c1-15(2)16-5-7-17(8-6-16)25(21,22)20-14-19(9-11-23-12-10-19)18-4-3-13-24-18/h3-8,13,15,20H,9-12,14H2,1-2H3. The van der Waals surface area contributed by atoms with Crippen molar-refractivity contribution in [3.63, 3.8) is 0 Å². The summed E-state index contributed by atoms with van der Waals surface area (Å²) in [5, 5.41) is 2.05. The van der Waals surface area contributed by atoms with E-state index in [1.807, 2.05) is 23.6 Å². The van der Waals surface area contributed by atoms with E-state index < -0.39 is 10.0 Å². The zero-order valence-corrected chi connectivity index (χ0v) is 16.3. The third kappa shape index (κ3) is 4.14. The van der Waals surface area contributed by atoms with Gasteiger partial charge in [-0.2, -0.15) is 0 Å². The average Bonchev–Trinajstić information content (AvgIpc) is 3.16. The van der Waals surface area contributed by atoms with Gasteiger partial charge in [-0.15, -0.1) is 11.3 Å². The van der Waals surface area contributed by atoms with Gasteiger partial charge in [0.15, 0.2) is 0 Å². The molecule has 0 saturated carbocycles. The molecule has 1 N–H and O–H groups in total. The Labute approximate surface area is 154 Å². The first-order valence-corrected chi connectivity index (χ1v) is 11.0. The van der Waals surface area contributed by atoms with Crippen LogP contribution < -0.4 is 4.72 Å². The minimum Gasteiger partial charge on any atom is -0.381 e. The van der Waals surface area contributed by atoms with Gasteiger partial charge >= 0.3 is 0 Å². The van der Waals surface area contributed by atoms with Gasteiger partial charge in [0.25, 0.3) is 0 Å². The molecule has 0 spiro atoms. The molecule has 6 heteroatoms. The van der Waals surface area contributed by atoms with E-state index in [1.165, 1.54) is 4.88 Å². The lowest BCUT2D eigenvalue weighted by atomic mass is 9.79. The van der Waals surface area contributed by atoms with Crippen LogP contribution in [0.1, 0.15) is 43.0 Å². The van der Waals surface area contributed by atoms with Gasteiger partial charge < -0.3 is 4.74 Å². The van der Waals surface area contributed by atoms with Crippen LogP contribution in [0.25, 0.3) is 0 Å². The molecule has 136 valence electrons. The smallest absolute Gasteiger partial charge is 0.240 e. The summed E-state index contributed by atoms with van der Waals surface area (Å²) in [7, 11) is -3.52. The van der Waals surface area contributed by atoms with Crippen LogP contribution in [-0.4, -0.2) is 28.2 Å². The number of hydrogen-bond donors (Lipinski definition) is 1. The van der Waals surface area contributed by atoms with Crippen molar-refractivity contribution in [1.29, 1.82) is 0 Å². The predicted octanol–water partition coefficient (Wildman–Crippen LogP) is 3.90. The number of hydrogen-bond acceptors (Lipinski definition) is 4. The maximum absolute atomic E-state index is 12.7. The van der Waals surface area contributed by atoms with Gasteiger partial charge in [0.1, 0.15) is 0 Å². The molecule has 4 nitrogen and oxygen atoms in total. The lowest BCUT2D eigenvalue weighted by Gasteiger charge is -2.36. The van der Waals surface area contributed by atoms with Crippen LogP contribution in [0.4, 0.5) is 0 Å². The monoisotopic (exact) mass is 379 g/mol. The van der Waals surface area contributed by atoms with Crippen LogP contribution in [0.2, 0.25) is 0 Å². The second-order valence-corrected chi connectivity index (χ2v) is 9.63. The molecule has 2 aromatic rings. The van der Waals surface area contributed by atoms with Crippen LogP contribution in [0, 0.1) is 0 Å². The highest BCUT2D eigenvalue weighted by Gasteiger charge is 2.36. The van der Waals surface area contributed by atoms with Crippen molar-refractivity contribution >= 4 is 21.4 Å². The van der Waals surface area contributed by atoms with Crippen molar-refractivity contribution in [3.05, 3.63) is 52.2 Å². The summed E-state index contributed by atoms with van der Waals surface area (Å²) in [4.78, 5) is 1.55. The summed E-state index contributed by atoms with van der Waals surface area (Å²) in [5.74, 6) is 0.383. The fraction of sp³-hybridized carbons (Fsp3) is 0.474. The van der Waals surface area contributed by atoms with Gasteiger partial charge in [-0.1, -0.05) is 32.0 Å². The summed E-state index contributed by atoms with van der Waals surface area (Å²) in [6.45, 7) is 5.94. The van der Waals surface area contributed by atoms with Gasteiger partial charge in [0.2, 0.25) is 10.0 Å². The minimum atomic E-state index is -3.52. The molecule has 25 heavy (non-hydrogen) atoms. The molecule has 3 rings (SSSR count). The van der Waals surface area contributed by atoms with Crippen molar-refractivity contribution in [3.8, 4) is 0 Å². The number of ether oxygens (including phenoxy) is 1. The maximum Gasteiger partial charge on any atom is 0.240 e. The van der Waals surface area contributed by atoms with Crippen molar-refractivity contribution < 1.29 is 13.2 Å². The summed E-state index contributed by atoms with van der Waals surface area (Å²) in [5.41, 5.74) is 0.968. The second-order valence-electron chi connectivity index (χ2n) is 6.92. The number of thiophene rings is 1. The van der Waals surface area contributed by atoms with E-state index in [1.54, 1.807) is 23.5 Å². The Morgan fingerprint density at radius 2 is 1.84 bits per heavy atom. The Kier molecular flexibility index (Phi) is 5.63. The molecule has 0 aliphatic carbocycles. The zero-order chi connectivity index (χ0) is 17.9. The summed E-state index contributed by atoms with van der Waals surface area (Å²) < 4.78 is 33.8. The first-order chi connectivity index (χ1) is 11.9. The van der Waals surface area contributed by atoms with Crippen molar-refractivity contribution in [2.24, 2.45) is 0 Å². The average molecular weight is 380 g/mol. The Balaban J connectivity index is 1.78. The van der Waals surface area contributed by atoms with E-state index in [9.17, 15) is 8.42 Å².